The minimum atomic E-state index is -4.50. The fourth-order valence-corrected chi connectivity index (χ4v) is 2.31. The van der Waals surface area contributed by atoms with E-state index in [0.29, 0.717) is 6.54 Å². The number of hydrogen-bond acceptors (Lipinski definition) is 2. The number of anilines is 1. The normalized spacial score (nSPS) is 12.7. The zero-order valence-electron chi connectivity index (χ0n) is 13.2. The predicted molar refractivity (Wildman–Crippen MR) is 87.6 cm³/mol. The summed E-state index contributed by atoms with van der Waals surface area (Å²) < 4.78 is 38.6. The number of para-hydroxylation sites is 1. The Morgan fingerprint density at radius 3 is 2.33 bits per heavy atom. The van der Waals surface area contributed by atoms with Crippen LogP contribution in [0.3, 0.4) is 0 Å². The second-order valence-corrected chi connectivity index (χ2v) is 5.43. The van der Waals surface area contributed by atoms with E-state index in [-0.39, 0.29) is 18.2 Å². The highest BCUT2D eigenvalue weighted by molar-refractivity contribution is 5.91. The average molecular weight is 336 g/mol. The van der Waals surface area contributed by atoms with Crippen LogP contribution in [0.5, 0.6) is 0 Å². The summed E-state index contributed by atoms with van der Waals surface area (Å²) in [4.78, 5) is 11.9. The van der Waals surface area contributed by atoms with Gasteiger partial charge >= 0.3 is 6.18 Å². The molecule has 0 radical (unpaired) electrons. The highest BCUT2D eigenvalue weighted by Gasteiger charge is 2.33. The van der Waals surface area contributed by atoms with Gasteiger partial charge in [-0.25, -0.2) is 0 Å². The molecule has 0 fully saturated rings. The van der Waals surface area contributed by atoms with E-state index in [1.807, 2.05) is 37.3 Å². The molecule has 1 atom stereocenters. The van der Waals surface area contributed by atoms with Crippen molar-refractivity contribution < 1.29 is 18.0 Å². The lowest BCUT2D eigenvalue weighted by Crippen LogP contribution is -2.25. The third kappa shape index (κ3) is 5.09. The number of alkyl halides is 3. The Labute approximate surface area is 138 Å². The van der Waals surface area contributed by atoms with Crippen LogP contribution in [0.25, 0.3) is 0 Å². The lowest BCUT2D eigenvalue weighted by Gasteiger charge is -2.15. The van der Waals surface area contributed by atoms with Gasteiger partial charge in [-0.1, -0.05) is 42.5 Å². The van der Waals surface area contributed by atoms with Gasteiger partial charge in [0, 0.05) is 19.0 Å². The van der Waals surface area contributed by atoms with Gasteiger partial charge in [0.25, 0.3) is 0 Å². The van der Waals surface area contributed by atoms with Crippen molar-refractivity contribution in [2.45, 2.75) is 25.6 Å². The summed E-state index contributed by atoms with van der Waals surface area (Å²) in [7, 11) is 0. The molecular weight excluding hydrogens is 317 g/mol. The topological polar surface area (TPSA) is 41.1 Å². The summed E-state index contributed by atoms with van der Waals surface area (Å²) in [6.45, 7) is 2.34. The predicted octanol–water partition coefficient (Wildman–Crippen LogP) is 4.38. The summed E-state index contributed by atoms with van der Waals surface area (Å²) in [6, 6.07) is 14.7. The van der Waals surface area contributed by atoms with Gasteiger partial charge in [0.2, 0.25) is 5.91 Å². The first kappa shape index (κ1) is 18.0. The Kier molecular flexibility index (Phi) is 5.98. The Morgan fingerprint density at radius 1 is 1.04 bits per heavy atom. The lowest BCUT2D eigenvalue weighted by atomic mass is 10.1. The van der Waals surface area contributed by atoms with E-state index in [1.54, 1.807) is 0 Å². The Bertz CT molecular complexity index is 671. The second kappa shape index (κ2) is 7.97. The van der Waals surface area contributed by atoms with Gasteiger partial charge in [-0.3, -0.25) is 4.79 Å². The fraction of sp³-hybridized carbons (Fsp3) is 0.278. The molecule has 2 aromatic carbocycles. The Morgan fingerprint density at radius 2 is 1.67 bits per heavy atom. The molecule has 0 spiro atoms. The third-order valence-corrected chi connectivity index (χ3v) is 3.61. The third-order valence-electron chi connectivity index (χ3n) is 3.61. The van der Waals surface area contributed by atoms with Crippen LogP contribution in [0.1, 0.15) is 30.5 Å². The molecular formula is C18H19F3N2O. The van der Waals surface area contributed by atoms with Crippen LogP contribution in [-0.4, -0.2) is 12.5 Å². The van der Waals surface area contributed by atoms with Crippen molar-refractivity contribution >= 4 is 11.6 Å². The molecule has 0 bridgehead atoms. The van der Waals surface area contributed by atoms with Gasteiger partial charge in [-0.2, -0.15) is 13.2 Å². The molecule has 0 saturated carbocycles. The minimum absolute atomic E-state index is 0.0569. The standard InChI is InChI=1S/C18H19F3N2O/c1-13(14-7-3-2-4-8-14)22-12-11-17(24)23-16-10-6-5-9-15(16)18(19,20)21/h2-10,13,22H,11-12H2,1H3,(H,23,24). The van der Waals surface area contributed by atoms with Gasteiger partial charge in [0.05, 0.1) is 11.3 Å². The fourth-order valence-electron chi connectivity index (χ4n) is 2.31. The number of carbonyl (C=O) groups excluding carboxylic acids is 1. The molecule has 0 aliphatic rings. The van der Waals surface area contributed by atoms with Crippen LogP contribution in [-0.2, 0) is 11.0 Å². The summed E-state index contributed by atoms with van der Waals surface area (Å²) in [6.07, 6.45) is -4.41. The van der Waals surface area contributed by atoms with E-state index in [9.17, 15) is 18.0 Å². The molecule has 1 amide bonds. The zero-order chi connectivity index (χ0) is 17.6. The number of halogens is 3. The molecule has 0 heterocycles. The molecule has 24 heavy (non-hydrogen) atoms. The Hall–Kier alpha value is -2.34. The van der Waals surface area contributed by atoms with Gasteiger partial charge in [-0.15, -0.1) is 0 Å². The number of carbonyl (C=O) groups is 1. The van der Waals surface area contributed by atoms with Crippen molar-refractivity contribution in [1.82, 2.24) is 5.32 Å². The summed E-state index contributed by atoms with van der Waals surface area (Å²) in [5, 5.41) is 5.51. The smallest absolute Gasteiger partial charge is 0.325 e. The van der Waals surface area contributed by atoms with E-state index in [4.69, 9.17) is 0 Å². The molecule has 0 aliphatic heterocycles. The molecule has 0 saturated heterocycles. The molecule has 0 aliphatic carbocycles. The van der Waals surface area contributed by atoms with Crippen molar-refractivity contribution in [3.63, 3.8) is 0 Å². The van der Waals surface area contributed by atoms with Crippen LogP contribution >= 0.6 is 0 Å². The van der Waals surface area contributed by atoms with Crippen molar-refractivity contribution in [2.75, 3.05) is 11.9 Å². The number of hydrogen-bond donors (Lipinski definition) is 2. The molecule has 2 rings (SSSR count). The van der Waals surface area contributed by atoms with Gasteiger partial charge in [-0.05, 0) is 24.6 Å². The van der Waals surface area contributed by atoms with Crippen molar-refractivity contribution in [3.05, 3.63) is 65.7 Å². The molecule has 1 unspecified atom stereocenters. The maximum atomic E-state index is 12.9. The van der Waals surface area contributed by atoms with E-state index in [2.05, 4.69) is 10.6 Å². The van der Waals surface area contributed by atoms with Gasteiger partial charge in [0.15, 0.2) is 0 Å². The zero-order valence-corrected chi connectivity index (χ0v) is 13.2. The van der Waals surface area contributed by atoms with Crippen LogP contribution in [0, 0.1) is 0 Å². The van der Waals surface area contributed by atoms with Crippen LogP contribution in [0.2, 0.25) is 0 Å². The SMILES string of the molecule is CC(NCCC(=O)Nc1ccccc1C(F)(F)F)c1ccccc1. The summed E-state index contributed by atoms with van der Waals surface area (Å²) >= 11 is 0. The number of benzene rings is 2. The van der Waals surface area contributed by atoms with Gasteiger partial charge < -0.3 is 10.6 Å². The highest BCUT2D eigenvalue weighted by Crippen LogP contribution is 2.34. The Balaban J connectivity index is 1.86. The molecule has 3 nitrogen and oxygen atoms in total. The molecule has 2 aromatic rings. The maximum absolute atomic E-state index is 12.9. The quantitative estimate of drug-likeness (QED) is 0.822. The molecule has 128 valence electrons. The first-order valence-electron chi connectivity index (χ1n) is 7.62. The lowest BCUT2D eigenvalue weighted by molar-refractivity contribution is -0.137. The van der Waals surface area contributed by atoms with Crippen LogP contribution < -0.4 is 10.6 Å². The largest absolute Gasteiger partial charge is 0.418 e. The first-order chi connectivity index (χ1) is 11.4. The molecule has 2 N–H and O–H groups in total. The van der Waals surface area contributed by atoms with Crippen molar-refractivity contribution in [3.8, 4) is 0 Å². The second-order valence-electron chi connectivity index (χ2n) is 5.43. The monoisotopic (exact) mass is 336 g/mol. The van der Waals surface area contributed by atoms with E-state index in [0.717, 1.165) is 11.6 Å². The van der Waals surface area contributed by atoms with E-state index in [1.165, 1.54) is 18.2 Å². The summed E-state index contributed by atoms with van der Waals surface area (Å²) in [5.41, 5.74) is 0.0235. The number of amides is 1. The van der Waals surface area contributed by atoms with Crippen molar-refractivity contribution in [2.24, 2.45) is 0 Å². The average Bonchev–Trinajstić information content (AvgIpc) is 2.55. The van der Waals surface area contributed by atoms with Crippen LogP contribution in [0.15, 0.2) is 54.6 Å². The van der Waals surface area contributed by atoms with Crippen molar-refractivity contribution in [1.29, 1.82) is 0 Å². The molecule has 6 heteroatoms. The van der Waals surface area contributed by atoms with Gasteiger partial charge in [0.1, 0.15) is 0 Å². The van der Waals surface area contributed by atoms with E-state index >= 15 is 0 Å². The summed E-state index contributed by atoms with van der Waals surface area (Å²) in [5.74, 6) is -0.459. The first-order valence-corrected chi connectivity index (χ1v) is 7.62. The minimum Gasteiger partial charge on any atom is -0.325 e. The van der Waals surface area contributed by atoms with E-state index < -0.39 is 17.6 Å². The maximum Gasteiger partial charge on any atom is 0.418 e. The number of rotatable bonds is 6. The number of nitrogens with one attached hydrogen (secondary N) is 2. The van der Waals surface area contributed by atoms with Crippen LogP contribution in [0.4, 0.5) is 18.9 Å². The highest BCUT2D eigenvalue weighted by atomic mass is 19.4. The molecule has 0 aromatic heterocycles.